The summed E-state index contributed by atoms with van der Waals surface area (Å²) in [5, 5.41) is 6.46. The van der Waals surface area contributed by atoms with Gasteiger partial charge in [-0.15, -0.1) is 0 Å². The second-order valence-corrected chi connectivity index (χ2v) is 5.42. The summed E-state index contributed by atoms with van der Waals surface area (Å²) in [5.41, 5.74) is 3.53. The molecule has 0 saturated heterocycles. The largest absolute Gasteiger partial charge is 0.354 e. The van der Waals surface area contributed by atoms with Gasteiger partial charge in [0.05, 0.1) is 6.33 Å². The topological polar surface area (TPSA) is 78.5 Å². The molecule has 3 N–H and O–H groups in total. The lowest BCUT2D eigenvalue weighted by Crippen LogP contribution is -2.05. The summed E-state index contributed by atoms with van der Waals surface area (Å²) in [6, 6.07) is 6.00. The number of imidazole rings is 1. The molecule has 0 amide bonds. The molecule has 21 heavy (non-hydrogen) atoms. The average Bonchev–Trinajstić information content (AvgIpc) is 2.93. The first-order valence-electron chi connectivity index (χ1n) is 6.66. The molecule has 2 heterocycles. The van der Waals surface area contributed by atoms with Crippen LogP contribution in [0.5, 0.6) is 0 Å². The lowest BCUT2D eigenvalue weighted by molar-refractivity contribution is 1.10. The Hall–Kier alpha value is -2.15. The molecule has 108 valence electrons. The summed E-state index contributed by atoms with van der Waals surface area (Å²) in [7, 11) is 0. The normalized spacial score (nSPS) is 10.8. The van der Waals surface area contributed by atoms with Crippen molar-refractivity contribution in [1.29, 1.82) is 0 Å². The van der Waals surface area contributed by atoms with Crippen molar-refractivity contribution >= 4 is 44.5 Å². The summed E-state index contributed by atoms with van der Waals surface area (Å²) in [4.78, 5) is 16.1. The molecular weight excluding hydrogens is 332 g/mol. The second-order valence-electron chi connectivity index (χ2n) is 4.56. The van der Waals surface area contributed by atoms with E-state index in [1.807, 2.05) is 32.0 Å². The van der Waals surface area contributed by atoms with Gasteiger partial charge in [0.25, 0.3) is 0 Å². The molecule has 0 aliphatic carbocycles. The van der Waals surface area contributed by atoms with Crippen LogP contribution in [0.3, 0.4) is 0 Å². The summed E-state index contributed by atoms with van der Waals surface area (Å²) in [6.45, 7) is 4.80. The van der Waals surface area contributed by atoms with E-state index < -0.39 is 0 Å². The molecule has 0 saturated carbocycles. The lowest BCUT2D eigenvalue weighted by atomic mass is 10.2. The van der Waals surface area contributed by atoms with Crippen LogP contribution in [0.4, 0.5) is 17.5 Å². The predicted octanol–water partition coefficient (Wildman–Crippen LogP) is 3.60. The van der Waals surface area contributed by atoms with Crippen molar-refractivity contribution in [1.82, 2.24) is 19.9 Å². The number of nitrogens with one attached hydrogen (secondary N) is 3. The minimum atomic E-state index is 0.562. The van der Waals surface area contributed by atoms with E-state index in [9.17, 15) is 0 Å². The van der Waals surface area contributed by atoms with Crippen LogP contribution in [-0.4, -0.2) is 26.5 Å². The van der Waals surface area contributed by atoms with Crippen molar-refractivity contribution in [3.8, 4) is 0 Å². The van der Waals surface area contributed by atoms with Gasteiger partial charge in [-0.3, -0.25) is 0 Å². The fourth-order valence-electron chi connectivity index (χ4n) is 2.03. The number of rotatable bonds is 4. The van der Waals surface area contributed by atoms with Crippen molar-refractivity contribution in [2.75, 3.05) is 17.2 Å². The molecule has 0 aliphatic heterocycles. The van der Waals surface area contributed by atoms with Crippen LogP contribution in [0.15, 0.2) is 29.0 Å². The van der Waals surface area contributed by atoms with Gasteiger partial charge in [-0.2, -0.15) is 9.97 Å². The number of fused-ring (bicyclic) bond motifs is 1. The predicted molar refractivity (Wildman–Crippen MR) is 88.0 cm³/mol. The zero-order chi connectivity index (χ0) is 14.8. The molecule has 3 rings (SSSR count). The van der Waals surface area contributed by atoms with Gasteiger partial charge in [-0.25, -0.2) is 4.98 Å². The smallest absolute Gasteiger partial charge is 0.226 e. The SMILES string of the molecule is CCNc1nc(Nc2cccc(Br)c2C)c2[nH]cnc2n1. The number of hydrogen-bond acceptors (Lipinski definition) is 5. The maximum Gasteiger partial charge on any atom is 0.226 e. The number of H-pyrrole nitrogens is 1. The Morgan fingerprint density at radius 1 is 1.29 bits per heavy atom. The van der Waals surface area contributed by atoms with E-state index in [1.165, 1.54) is 0 Å². The van der Waals surface area contributed by atoms with Gasteiger partial charge in [0.1, 0.15) is 5.52 Å². The van der Waals surface area contributed by atoms with Crippen molar-refractivity contribution in [3.05, 3.63) is 34.6 Å². The third-order valence-electron chi connectivity index (χ3n) is 3.14. The molecule has 2 aromatic heterocycles. The minimum Gasteiger partial charge on any atom is -0.354 e. The summed E-state index contributed by atoms with van der Waals surface area (Å²) >= 11 is 3.54. The van der Waals surface area contributed by atoms with Gasteiger partial charge >= 0.3 is 0 Å². The molecular formula is C14H15BrN6. The van der Waals surface area contributed by atoms with Gasteiger partial charge in [0.15, 0.2) is 11.5 Å². The number of hydrogen-bond donors (Lipinski definition) is 3. The van der Waals surface area contributed by atoms with Crippen LogP contribution >= 0.6 is 15.9 Å². The van der Waals surface area contributed by atoms with Gasteiger partial charge in [-0.05, 0) is 31.5 Å². The molecule has 1 aromatic carbocycles. The third-order valence-corrected chi connectivity index (χ3v) is 4.00. The maximum atomic E-state index is 4.51. The summed E-state index contributed by atoms with van der Waals surface area (Å²) < 4.78 is 1.05. The van der Waals surface area contributed by atoms with Crippen molar-refractivity contribution in [2.24, 2.45) is 0 Å². The molecule has 0 unspecified atom stereocenters. The van der Waals surface area contributed by atoms with Gasteiger partial charge < -0.3 is 15.6 Å². The first-order chi connectivity index (χ1) is 10.2. The Kier molecular flexibility index (Phi) is 3.74. The number of nitrogens with zero attached hydrogens (tertiary/aromatic N) is 3. The van der Waals surface area contributed by atoms with Gasteiger partial charge in [0.2, 0.25) is 5.95 Å². The fraction of sp³-hybridized carbons (Fsp3) is 0.214. The van der Waals surface area contributed by atoms with Crippen LogP contribution < -0.4 is 10.6 Å². The number of benzene rings is 1. The molecule has 7 heteroatoms. The van der Waals surface area contributed by atoms with E-state index in [1.54, 1.807) is 6.33 Å². The molecule has 6 nitrogen and oxygen atoms in total. The molecule has 0 radical (unpaired) electrons. The Balaban J connectivity index is 2.06. The number of aromatic amines is 1. The van der Waals surface area contributed by atoms with E-state index in [0.717, 1.165) is 27.8 Å². The van der Waals surface area contributed by atoms with Crippen LogP contribution in [0.25, 0.3) is 11.2 Å². The molecule has 0 atom stereocenters. The molecule has 0 fully saturated rings. The van der Waals surface area contributed by atoms with Crippen molar-refractivity contribution in [3.63, 3.8) is 0 Å². The molecule has 0 aliphatic rings. The first kappa shape index (κ1) is 13.8. The maximum absolute atomic E-state index is 4.51. The van der Waals surface area contributed by atoms with Crippen molar-refractivity contribution in [2.45, 2.75) is 13.8 Å². The average molecular weight is 347 g/mol. The number of aromatic nitrogens is 4. The quantitative estimate of drug-likeness (QED) is 0.672. The Bertz CT molecular complexity index is 782. The molecule has 0 spiro atoms. The van der Waals surface area contributed by atoms with Crippen molar-refractivity contribution < 1.29 is 0 Å². The number of anilines is 3. The Labute approximate surface area is 130 Å². The lowest BCUT2D eigenvalue weighted by Gasteiger charge is -2.11. The standard InChI is InChI=1S/C14H15BrN6/c1-3-16-14-20-12-11(17-7-18-12)13(21-14)19-10-6-4-5-9(15)8(10)2/h4-7H,3H2,1-2H3,(H3,16,17,18,19,20,21). The van der Waals surface area contributed by atoms with E-state index >= 15 is 0 Å². The Morgan fingerprint density at radius 2 is 2.14 bits per heavy atom. The third kappa shape index (κ3) is 2.69. The van der Waals surface area contributed by atoms with Gasteiger partial charge in [0, 0.05) is 16.7 Å². The number of halogens is 1. The van der Waals surface area contributed by atoms with E-state index in [-0.39, 0.29) is 0 Å². The van der Waals surface area contributed by atoms with Gasteiger partial charge in [-0.1, -0.05) is 22.0 Å². The first-order valence-corrected chi connectivity index (χ1v) is 7.45. The van der Waals surface area contributed by atoms with Crippen LogP contribution in [0.2, 0.25) is 0 Å². The molecule has 0 bridgehead atoms. The van der Waals surface area contributed by atoms with E-state index in [0.29, 0.717) is 17.4 Å². The zero-order valence-corrected chi connectivity index (χ0v) is 13.3. The van der Waals surface area contributed by atoms with Crippen LogP contribution in [0.1, 0.15) is 12.5 Å². The van der Waals surface area contributed by atoms with Crippen LogP contribution in [0, 0.1) is 6.92 Å². The highest BCUT2D eigenvalue weighted by Gasteiger charge is 2.11. The highest BCUT2D eigenvalue weighted by atomic mass is 79.9. The highest BCUT2D eigenvalue weighted by Crippen LogP contribution is 2.28. The van der Waals surface area contributed by atoms with E-state index in [2.05, 4.69) is 46.5 Å². The summed E-state index contributed by atoms with van der Waals surface area (Å²) in [5.74, 6) is 1.27. The Morgan fingerprint density at radius 3 is 2.95 bits per heavy atom. The van der Waals surface area contributed by atoms with E-state index in [4.69, 9.17) is 0 Å². The zero-order valence-electron chi connectivity index (χ0n) is 11.7. The molecule has 3 aromatic rings. The minimum absolute atomic E-state index is 0.562. The highest BCUT2D eigenvalue weighted by molar-refractivity contribution is 9.10. The monoisotopic (exact) mass is 346 g/mol. The van der Waals surface area contributed by atoms with Crippen LogP contribution in [-0.2, 0) is 0 Å². The fourth-order valence-corrected chi connectivity index (χ4v) is 2.40. The second kappa shape index (κ2) is 5.69. The summed E-state index contributed by atoms with van der Waals surface area (Å²) in [6.07, 6.45) is 1.62.